The van der Waals surface area contributed by atoms with Gasteiger partial charge in [-0.3, -0.25) is 9.59 Å². The number of nitrogens with two attached hydrogens (primary N) is 1. The summed E-state index contributed by atoms with van der Waals surface area (Å²) in [5.74, 6) is -0.0916. The molecule has 5 nitrogen and oxygen atoms in total. The summed E-state index contributed by atoms with van der Waals surface area (Å²) < 4.78 is 0. The van der Waals surface area contributed by atoms with E-state index in [1.54, 1.807) is 4.90 Å². The van der Waals surface area contributed by atoms with Crippen LogP contribution in [0.1, 0.15) is 47.5 Å². The van der Waals surface area contributed by atoms with E-state index in [0.29, 0.717) is 19.5 Å². The number of likely N-dealkylation sites (tertiary alicyclic amines) is 1. The van der Waals surface area contributed by atoms with E-state index in [2.05, 4.69) is 19.2 Å². The van der Waals surface area contributed by atoms with Crippen molar-refractivity contribution in [2.24, 2.45) is 16.6 Å². The van der Waals surface area contributed by atoms with Crippen LogP contribution in [0.25, 0.3) is 0 Å². The van der Waals surface area contributed by atoms with E-state index in [1.807, 2.05) is 20.8 Å². The van der Waals surface area contributed by atoms with Crippen molar-refractivity contribution >= 4 is 24.2 Å². The average molecular weight is 320 g/mol. The number of halogens is 1. The Hall–Kier alpha value is -0.810. The van der Waals surface area contributed by atoms with Crippen LogP contribution < -0.4 is 11.1 Å². The van der Waals surface area contributed by atoms with E-state index in [4.69, 9.17) is 5.73 Å². The van der Waals surface area contributed by atoms with Gasteiger partial charge in [0, 0.05) is 25.6 Å². The van der Waals surface area contributed by atoms with Crippen molar-refractivity contribution in [1.29, 1.82) is 0 Å². The number of rotatable bonds is 3. The fourth-order valence-corrected chi connectivity index (χ4v) is 2.42. The van der Waals surface area contributed by atoms with Crippen molar-refractivity contribution in [1.82, 2.24) is 10.2 Å². The molecule has 124 valence electrons. The van der Waals surface area contributed by atoms with E-state index >= 15 is 0 Å². The molecule has 2 amide bonds. The number of nitrogens with one attached hydrogen (secondary N) is 1. The summed E-state index contributed by atoms with van der Waals surface area (Å²) in [4.78, 5) is 25.7. The third-order valence-corrected chi connectivity index (χ3v) is 3.79. The molecule has 1 rings (SSSR count). The van der Waals surface area contributed by atoms with Crippen LogP contribution in [-0.2, 0) is 9.59 Å². The quantitative estimate of drug-likeness (QED) is 0.828. The molecule has 6 heteroatoms. The maximum Gasteiger partial charge on any atom is 0.241 e. The molecule has 1 saturated heterocycles. The molecule has 0 bridgehead atoms. The Bertz CT molecular complexity index is 378. The van der Waals surface area contributed by atoms with Crippen molar-refractivity contribution < 1.29 is 9.59 Å². The minimum absolute atomic E-state index is 0. The number of nitrogens with zero attached hydrogens (tertiary/aromatic N) is 1. The lowest BCUT2D eigenvalue weighted by Gasteiger charge is -2.42. The molecule has 3 N–H and O–H groups in total. The summed E-state index contributed by atoms with van der Waals surface area (Å²) >= 11 is 0. The normalized spacial score (nSPS) is 21.4. The number of hydrogen-bond acceptors (Lipinski definition) is 3. The first-order chi connectivity index (χ1) is 9.01. The second kappa shape index (κ2) is 7.45. The van der Waals surface area contributed by atoms with Gasteiger partial charge in [-0.05, 0) is 17.3 Å². The Balaban J connectivity index is 0.00000400. The van der Waals surface area contributed by atoms with Crippen LogP contribution in [0.3, 0.4) is 0 Å². The predicted octanol–water partition coefficient (Wildman–Crippen LogP) is 1.55. The zero-order valence-corrected chi connectivity index (χ0v) is 14.7. The fraction of sp³-hybridized carbons (Fsp3) is 0.867. The molecular weight excluding hydrogens is 290 g/mol. The zero-order chi connectivity index (χ0) is 15.6. The highest BCUT2D eigenvalue weighted by atomic mass is 35.5. The van der Waals surface area contributed by atoms with Crippen LogP contribution in [-0.4, -0.2) is 42.4 Å². The Morgan fingerprint density at radius 3 is 2.38 bits per heavy atom. The van der Waals surface area contributed by atoms with Gasteiger partial charge in [0.05, 0.1) is 6.54 Å². The maximum absolute atomic E-state index is 12.1. The Labute approximate surface area is 134 Å². The number of carbonyl (C=O) groups excluding carboxylic acids is 2. The van der Waals surface area contributed by atoms with Crippen molar-refractivity contribution in [3.8, 4) is 0 Å². The SMILES string of the molecule is CC(C)(C)CC(=O)NCC(=O)N1CCC(N)C(C)(C)C1.Cl. The highest BCUT2D eigenvalue weighted by molar-refractivity contribution is 5.85. The van der Waals surface area contributed by atoms with Crippen molar-refractivity contribution in [3.05, 3.63) is 0 Å². The summed E-state index contributed by atoms with van der Waals surface area (Å²) in [6.07, 6.45) is 1.24. The second-order valence-corrected chi connectivity index (χ2v) is 7.71. The average Bonchev–Trinajstić information content (AvgIpc) is 2.27. The zero-order valence-electron chi connectivity index (χ0n) is 13.9. The molecule has 0 aromatic rings. The van der Waals surface area contributed by atoms with Crippen molar-refractivity contribution in [3.63, 3.8) is 0 Å². The van der Waals surface area contributed by atoms with Gasteiger partial charge >= 0.3 is 0 Å². The standard InChI is InChI=1S/C15H29N3O2.ClH/c1-14(2,3)8-12(19)17-9-13(20)18-7-6-11(16)15(4,5)10-18;/h11H,6-10,16H2,1-5H3,(H,17,19);1H. The minimum Gasteiger partial charge on any atom is -0.347 e. The first kappa shape index (κ1) is 20.2. The lowest BCUT2D eigenvalue weighted by molar-refractivity contribution is -0.136. The molecule has 1 fully saturated rings. The molecule has 1 aliphatic rings. The van der Waals surface area contributed by atoms with E-state index in [0.717, 1.165) is 6.42 Å². The van der Waals surface area contributed by atoms with Gasteiger partial charge in [-0.15, -0.1) is 12.4 Å². The maximum atomic E-state index is 12.1. The number of piperidine rings is 1. The van der Waals surface area contributed by atoms with Gasteiger partial charge in [0.25, 0.3) is 0 Å². The van der Waals surface area contributed by atoms with Crippen LogP contribution in [0, 0.1) is 10.8 Å². The first-order valence-corrected chi connectivity index (χ1v) is 7.31. The predicted molar refractivity (Wildman–Crippen MR) is 87.3 cm³/mol. The van der Waals surface area contributed by atoms with Gasteiger partial charge in [-0.1, -0.05) is 34.6 Å². The molecule has 1 atom stereocenters. The number of hydrogen-bond donors (Lipinski definition) is 2. The molecular formula is C15H30ClN3O2. The summed E-state index contributed by atoms with van der Waals surface area (Å²) in [5.41, 5.74) is 5.93. The largest absolute Gasteiger partial charge is 0.347 e. The molecule has 21 heavy (non-hydrogen) atoms. The van der Waals surface area contributed by atoms with Gasteiger partial charge < -0.3 is 16.0 Å². The molecule has 0 aromatic heterocycles. The van der Waals surface area contributed by atoms with Gasteiger partial charge in [0.1, 0.15) is 0 Å². The highest BCUT2D eigenvalue weighted by Gasteiger charge is 2.35. The summed E-state index contributed by atoms with van der Waals surface area (Å²) in [6.45, 7) is 11.6. The molecule has 0 aliphatic carbocycles. The number of carbonyl (C=O) groups is 2. The molecule has 0 spiro atoms. The molecule has 1 aliphatic heterocycles. The van der Waals surface area contributed by atoms with Crippen LogP contribution >= 0.6 is 12.4 Å². The molecule has 1 unspecified atom stereocenters. The second-order valence-electron chi connectivity index (χ2n) is 7.71. The third kappa shape index (κ3) is 6.66. The third-order valence-electron chi connectivity index (χ3n) is 3.79. The van der Waals surface area contributed by atoms with Crippen molar-refractivity contribution in [2.75, 3.05) is 19.6 Å². The lowest BCUT2D eigenvalue weighted by atomic mass is 9.79. The van der Waals surface area contributed by atoms with Gasteiger partial charge in [-0.2, -0.15) is 0 Å². The molecule has 0 radical (unpaired) electrons. The molecule has 1 heterocycles. The van der Waals surface area contributed by atoms with Gasteiger partial charge in [0.2, 0.25) is 11.8 Å². The smallest absolute Gasteiger partial charge is 0.241 e. The first-order valence-electron chi connectivity index (χ1n) is 7.31. The minimum atomic E-state index is -0.0705. The Kier molecular flexibility index (Phi) is 7.16. The van der Waals surface area contributed by atoms with Crippen LogP contribution in [0.4, 0.5) is 0 Å². The van der Waals surface area contributed by atoms with Gasteiger partial charge in [0.15, 0.2) is 0 Å². The summed E-state index contributed by atoms with van der Waals surface area (Å²) in [7, 11) is 0. The van der Waals surface area contributed by atoms with Crippen LogP contribution in [0.5, 0.6) is 0 Å². The number of amides is 2. The molecule has 0 aromatic carbocycles. The molecule has 0 saturated carbocycles. The van der Waals surface area contributed by atoms with E-state index < -0.39 is 0 Å². The summed E-state index contributed by atoms with van der Waals surface area (Å²) in [6, 6.07) is 0.127. The highest BCUT2D eigenvalue weighted by Crippen LogP contribution is 2.27. The van der Waals surface area contributed by atoms with Crippen LogP contribution in [0.2, 0.25) is 0 Å². The van der Waals surface area contributed by atoms with Crippen LogP contribution in [0.15, 0.2) is 0 Å². The van der Waals surface area contributed by atoms with Crippen molar-refractivity contribution in [2.45, 2.75) is 53.5 Å². The van der Waals surface area contributed by atoms with Gasteiger partial charge in [-0.25, -0.2) is 0 Å². The fourth-order valence-electron chi connectivity index (χ4n) is 2.42. The topological polar surface area (TPSA) is 75.4 Å². The monoisotopic (exact) mass is 319 g/mol. The van der Waals surface area contributed by atoms with E-state index in [9.17, 15) is 9.59 Å². The Morgan fingerprint density at radius 2 is 1.90 bits per heavy atom. The lowest BCUT2D eigenvalue weighted by Crippen LogP contribution is -2.55. The van der Waals surface area contributed by atoms with E-state index in [-0.39, 0.29) is 47.6 Å². The van der Waals surface area contributed by atoms with E-state index in [1.165, 1.54) is 0 Å². The Morgan fingerprint density at radius 1 is 1.33 bits per heavy atom. The summed E-state index contributed by atoms with van der Waals surface area (Å²) in [5, 5.41) is 2.71.